The summed E-state index contributed by atoms with van der Waals surface area (Å²) in [6.07, 6.45) is 2.73. The van der Waals surface area contributed by atoms with Gasteiger partial charge in [-0.3, -0.25) is 9.78 Å². The number of amides is 1. The van der Waals surface area contributed by atoms with Gasteiger partial charge in [0.05, 0.1) is 0 Å². The quantitative estimate of drug-likeness (QED) is 0.442. The van der Waals surface area contributed by atoms with Crippen molar-refractivity contribution < 1.29 is 13.6 Å². The molecule has 0 aliphatic carbocycles. The van der Waals surface area contributed by atoms with Gasteiger partial charge in [-0.1, -0.05) is 37.9 Å². The molecule has 0 aliphatic rings. The summed E-state index contributed by atoms with van der Waals surface area (Å²) in [4.78, 5) is 16.6. The summed E-state index contributed by atoms with van der Waals surface area (Å²) in [6, 6.07) is 11.7. The zero-order valence-corrected chi connectivity index (χ0v) is 17.8. The number of benzene rings is 1. The molecule has 0 fully saturated rings. The molecular weight excluding hydrogens is 394 g/mol. The molecule has 2 aromatic rings. The third-order valence-corrected chi connectivity index (χ3v) is 5.40. The van der Waals surface area contributed by atoms with Crippen molar-refractivity contribution in [2.75, 3.05) is 0 Å². The number of pyridine rings is 1. The molecule has 1 N–H and O–H groups in total. The van der Waals surface area contributed by atoms with Gasteiger partial charge in [0.15, 0.2) is 0 Å². The van der Waals surface area contributed by atoms with E-state index < -0.39 is 6.43 Å². The van der Waals surface area contributed by atoms with Crippen molar-refractivity contribution in [1.29, 1.82) is 0 Å². The number of rotatable bonds is 11. The largest absolute Gasteiger partial charge is 0.349 e. The smallest absolute Gasteiger partial charge is 0.280 e. The lowest BCUT2D eigenvalue weighted by molar-refractivity contribution is 0.0915. The van der Waals surface area contributed by atoms with Crippen LogP contribution in [0.5, 0.6) is 0 Å². The van der Waals surface area contributed by atoms with Crippen molar-refractivity contribution >= 4 is 17.5 Å². The van der Waals surface area contributed by atoms with E-state index in [9.17, 15) is 13.6 Å². The van der Waals surface area contributed by atoms with Crippen molar-refractivity contribution in [3.63, 3.8) is 0 Å². The second kappa shape index (κ2) is 11.9. The molecule has 0 unspecified atom stereocenters. The number of hydrogen-bond acceptors (Lipinski definition) is 2. The van der Waals surface area contributed by atoms with Crippen LogP contribution in [0.1, 0.15) is 74.1 Å². The molecule has 0 aliphatic heterocycles. The normalized spacial score (nSPS) is 13.3. The Kier molecular flexibility index (Phi) is 9.52. The lowest BCUT2D eigenvalue weighted by Crippen LogP contribution is -2.40. The van der Waals surface area contributed by atoms with Crippen molar-refractivity contribution in [1.82, 2.24) is 10.3 Å². The van der Waals surface area contributed by atoms with Gasteiger partial charge in [-0.2, -0.15) is 0 Å². The van der Waals surface area contributed by atoms with Crippen molar-refractivity contribution in [3.05, 3.63) is 64.4 Å². The van der Waals surface area contributed by atoms with Gasteiger partial charge >= 0.3 is 0 Å². The number of carbonyl (C=O) groups is 1. The highest BCUT2D eigenvalue weighted by Crippen LogP contribution is 2.23. The molecule has 2 rings (SSSR count). The Hall–Kier alpha value is -2.01. The van der Waals surface area contributed by atoms with Crippen LogP contribution in [0.4, 0.5) is 8.78 Å². The van der Waals surface area contributed by atoms with Crippen LogP contribution < -0.4 is 5.32 Å². The minimum atomic E-state index is -2.55. The van der Waals surface area contributed by atoms with E-state index in [0.717, 1.165) is 32.1 Å². The first kappa shape index (κ1) is 23.3. The van der Waals surface area contributed by atoms with Crippen LogP contribution in [0.25, 0.3) is 0 Å². The van der Waals surface area contributed by atoms with Crippen LogP contribution in [0, 0.1) is 5.92 Å². The molecular formula is C23H29ClF2N2O. The van der Waals surface area contributed by atoms with Gasteiger partial charge in [0.1, 0.15) is 5.69 Å². The molecule has 6 heteroatoms. The van der Waals surface area contributed by atoms with Gasteiger partial charge in [0.2, 0.25) is 0 Å². The van der Waals surface area contributed by atoms with Crippen LogP contribution in [0.2, 0.25) is 5.02 Å². The molecule has 0 saturated heterocycles. The average molecular weight is 423 g/mol. The molecule has 2 atom stereocenters. The van der Waals surface area contributed by atoms with E-state index in [4.69, 9.17) is 11.6 Å². The van der Waals surface area contributed by atoms with Crippen molar-refractivity contribution in [2.24, 2.45) is 5.92 Å². The van der Waals surface area contributed by atoms with Gasteiger partial charge in [0.25, 0.3) is 12.3 Å². The van der Waals surface area contributed by atoms with Gasteiger partial charge < -0.3 is 5.32 Å². The minimum Gasteiger partial charge on any atom is -0.349 e. The molecule has 0 radical (unpaired) electrons. The molecule has 3 nitrogen and oxygen atoms in total. The first-order valence-corrected chi connectivity index (χ1v) is 10.6. The van der Waals surface area contributed by atoms with Crippen LogP contribution in [-0.4, -0.2) is 16.9 Å². The lowest BCUT2D eigenvalue weighted by atomic mass is 9.87. The number of aromatic nitrogens is 1. The number of carbonyl (C=O) groups excluding carboxylic acids is 1. The predicted octanol–water partition coefficient (Wildman–Crippen LogP) is 6.62. The van der Waals surface area contributed by atoms with Gasteiger partial charge in [-0.25, -0.2) is 8.78 Å². The third kappa shape index (κ3) is 7.39. The molecule has 0 spiro atoms. The topological polar surface area (TPSA) is 42.0 Å². The molecule has 1 aromatic heterocycles. The van der Waals surface area contributed by atoms with Crippen molar-refractivity contribution in [3.8, 4) is 0 Å². The maximum Gasteiger partial charge on any atom is 0.280 e. The maximum atomic E-state index is 12.8. The van der Waals surface area contributed by atoms with E-state index in [2.05, 4.69) is 24.1 Å². The lowest BCUT2D eigenvalue weighted by Gasteiger charge is -2.27. The first-order chi connectivity index (χ1) is 13.9. The summed E-state index contributed by atoms with van der Waals surface area (Å²) in [5.74, 6) is 0.237. The number of hydrogen-bond donors (Lipinski definition) is 1. The first-order valence-electron chi connectivity index (χ1n) is 10.2. The monoisotopic (exact) mass is 422 g/mol. The molecule has 0 bridgehead atoms. The van der Waals surface area contributed by atoms with E-state index in [1.165, 1.54) is 6.07 Å². The summed E-state index contributed by atoms with van der Waals surface area (Å²) >= 11 is 5.90. The number of nitrogens with zero attached hydrogens (tertiary/aromatic N) is 1. The molecule has 1 heterocycles. The Labute approximate surface area is 176 Å². The summed E-state index contributed by atoms with van der Waals surface area (Å²) in [7, 11) is 0. The Bertz CT molecular complexity index is 768. The number of alkyl halides is 2. The number of nitrogens with one attached hydrogen (secondary N) is 1. The molecule has 1 aromatic carbocycles. The summed E-state index contributed by atoms with van der Waals surface area (Å²) < 4.78 is 25.6. The van der Waals surface area contributed by atoms with Crippen LogP contribution in [-0.2, 0) is 6.42 Å². The number of aryl methyl sites for hydroxylation is 1. The summed E-state index contributed by atoms with van der Waals surface area (Å²) in [6.45, 7) is 4.21. The van der Waals surface area contributed by atoms with Crippen LogP contribution in [0.3, 0.4) is 0 Å². The fourth-order valence-electron chi connectivity index (χ4n) is 3.63. The minimum absolute atomic E-state index is 0.0680. The van der Waals surface area contributed by atoms with E-state index in [1.54, 1.807) is 36.4 Å². The molecule has 29 heavy (non-hydrogen) atoms. The Balaban J connectivity index is 1.95. The highest BCUT2D eigenvalue weighted by molar-refractivity contribution is 6.30. The van der Waals surface area contributed by atoms with Crippen LogP contribution >= 0.6 is 11.6 Å². The predicted molar refractivity (Wildman–Crippen MR) is 114 cm³/mol. The number of halogens is 3. The van der Waals surface area contributed by atoms with Gasteiger partial charge in [0, 0.05) is 22.3 Å². The Morgan fingerprint density at radius 3 is 2.45 bits per heavy atom. The third-order valence-electron chi connectivity index (χ3n) is 5.15. The van der Waals surface area contributed by atoms with Gasteiger partial charge in [-0.15, -0.1) is 0 Å². The second-order valence-electron chi connectivity index (χ2n) is 7.29. The summed E-state index contributed by atoms with van der Waals surface area (Å²) in [5.41, 5.74) is 1.11. The fourth-order valence-corrected chi connectivity index (χ4v) is 3.75. The summed E-state index contributed by atoms with van der Waals surface area (Å²) in [5, 5.41) is 3.76. The molecule has 0 saturated carbocycles. The van der Waals surface area contributed by atoms with E-state index in [0.29, 0.717) is 28.6 Å². The van der Waals surface area contributed by atoms with Crippen molar-refractivity contribution in [2.45, 2.75) is 64.8 Å². The molecule has 1 amide bonds. The van der Waals surface area contributed by atoms with Gasteiger partial charge in [-0.05, 0) is 74.4 Å². The van der Waals surface area contributed by atoms with E-state index in [-0.39, 0.29) is 17.6 Å². The second-order valence-corrected chi connectivity index (χ2v) is 7.73. The highest BCUT2D eigenvalue weighted by Gasteiger charge is 2.22. The average Bonchev–Trinajstić information content (AvgIpc) is 2.72. The van der Waals surface area contributed by atoms with E-state index in [1.807, 2.05) is 0 Å². The molecule has 158 valence electrons. The van der Waals surface area contributed by atoms with E-state index >= 15 is 0 Å². The standard InChI is InChI=1S/C23H29ClF2N2O/c1-3-7-16(8-5-9-19-10-6-11-21(27-19)22(25)26)20(4-2)28-23(29)17-12-14-18(24)15-13-17/h6,10-16,20,22H,3-5,7-9H2,1-2H3,(H,28,29)/t16-,20+/m1/s1. The zero-order valence-electron chi connectivity index (χ0n) is 17.0. The SMILES string of the molecule is CCC[C@H](CCCc1cccc(C(F)F)n1)[C@H](CC)NC(=O)c1ccc(Cl)cc1. The zero-order chi connectivity index (χ0) is 21.2. The van der Waals surface area contributed by atoms with Crippen LogP contribution in [0.15, 0.2) is 42.5 Å². The Morgan fingerprint density at radius 2 is 1.83 bits per heavy atom. The fraction of sp³-hybridized carbons (Fsp3) is 0.478. The maximum absolute atomic E-state index is 12.8. The Morgan fingerprint density at radius 1 is 1.10 bits per heavy atom. The highest BCUT2D eigenvalue weighted by atomic mass is 35.5.